The van der Waals surface area contributed by atoms with E-state index in [1.807, 2.05) is 12.1 Å². The molecule has 0 aliphatic rings. The maximum atomic E-state index is 12.5. The Morgan fingerprint density at radius 1 is 1.18 bits per heavy atom. The molecular weight excluding hydrogens is 388 g/mol. The summed E-state index contributed by atoms with van der Waals surface area (Å²) in [7, 11) is 1.63. The number of urea groups is 1. The highest BCUT2D eigenvalue weighted by molar-refractivity contribution is 7.99. The van der Waals surface area contributed by atoms with Gasteiger partial charge in [-0.05, 0) is 29.8 Å². The van der Waals surface area contributed by atoms with Gasteiger partial charge in [0.25, 0.3) is 0 Å². The molecule has 0 saturated heterocycles. The molecule has 0 heterocycles. The smallest absolute Gasteiger partial charge is 0.387 e. The molecule has 0 aliphatic heterocycles. The SMILES string of the molecule is CN(Cc1ccc(OC(F)F)cc1)C(=O)Nc1ccccc1SCCC(N)=O. The van der Waals surface area contributed by atoms with Crippen molar-refractivity contribution in [3.8, 4) is 5.75 Å². The number of anilines is 1. The number of carbonyl (C=O) groups excluding carboxylic acids is 2. The molecule has 6 nitrogen and oxygen atoms in total. The average Bonchev–Trinajstić information content (AvgIpc) is 2.64. The summed E-state index contributed by atoms with van der Waals surface area (Å²) in [6, 6.07) is 13.0. The van der Waals surface area contributed by atoms with Crippen LogP contribution in [0.1, 0.15) is 12.0 Å². The number of hydrogen-bond acceptors (Lipinski definition) is 4. The van der Waals surface area contributed by atoms with Gasteiger partial charge in [0.15, 0.2) is 0 Å². The van der Waals surface area contributed by atoms with E-state index in [0.29, 0.717) is 11.4 Å². The highest BCUT2D eigenvalue weighted by Crippen LogP contribution is 2.27. The third-order valence-corrected chi connectivity index (χ3v) is 4.72. The zero-order chi connectivity index (χ0) is 20.5. The van der Waals surface area contributed by atoms with E-state index in [4.69, 9.17) is 5.73 Å². The van der Waals surface area contributed by atoms with Crippen molar-refractivity contribution in [1.82, 2.24) is 4.90 Å². The minimum absolute atomic E-state index is 0.0627. The molecule has 0 aromatic heterocycles. The van der Waals surface area contributed by atoms with Gasteiger partial charge in [-0.2, -0.15) is 8.78 Å². The second-order valence-corrected chi connectivity index (χ2v) is 7.01. The molecule has 0 radical (unpaired) electrons. The summed E-state index contributed by atoms with van der Waals surface area (Å²) in [4.78, 5) is 25.6. The molecule has 28 heavy (non-hydrogen) atoms. The van der Waals surface area contributed by atoms with Crippen LogP contribution in [0.3, 0.4) is 0 Å². The van der Waals surface area contributed by atoms with Crippen LogP contribution < -0.4 is 15.8 Å². The van der Waals surface area contributed by atoms with Crippen LogP contribution in [0.4, 0.5) is 19.3 Å². The van der Waals surface area contributed by atoms with E-state index < -0.39 is 6.61 Å². The first-order valence-corrected chi connectivity index (χ1v) is 9.39. The van der Waals surface area contributed by atoms with E-state index in [9.17, 15) is 18.4 Å². The molecule has 2 aromatic carbocycles. The van der Waals surface area contributed by atoms with Crippen molar-refractivity contribution in [2.45, 2.75) is 24.5 Å². The quantitative estimate of drug-likeness (QED) is 0.615. The molecule has 0 fully saturated rings. The highest BCUT2D eigenvalue weighted by atomic mass is 32.2. The van der Waals surface area contributed by atoms with Crippen LogP contribution in [-0.4, -0.2) is 36.3 Å². The Kier molecular flexibility index (Phi) is 8.06. The summed E-state index contributed by atoms with van der Waals surface area (Å²) in [6.45, 7) is -2.59. The van der Waals surface area contributed by atoms with Crippen LogP contribution in [0.25, 0.3) is 0 Å². The van der Waals surface area contributed by atoms with Gasteiger partial charge in [0.05, 0.1) is 5.69 Å². The van der Waals surface area contributed by atoms with Crippen LogP contribution in [0.5, 0.6) is 5.75 Å². The van der Waals surface area contributed by atoms with Crippen LogP contribution >= 0.6 is 11.8 Å². The number of para-hydroxylation sites is 1. The Hall–Kier alpha value is -2.81. The molecule has 150 valence electrons. The van der Waals surface area contributed by atoms with Gasteiger partial charge in [-0.3, -0.25) is 4.79 Å². The van der Waals surface area contributed by atoms with Crippen molar-refractivity contribution >= 4 is 29.4 Å². The third-order valence-electron chi connectivity index (χ3n) is 3.65. The van der Waals surface area contributed by atoms with E-state index in [1.165, 1.54) is 28.8 Å². The molecule has 0 unspecified atom stereocenters. The van der Waals surface area contributed by atoms with Gasteiger partial charge in [0, 0.05) is 30.7 Å². The number of thioether (sulfide) groups is 1. The van der Waals surface area contributed by atoms with E-state index in [1.54, 1.807) is 31.3 Å². The fourth-order valence-electron chi connectivity index (χ4n) is 2.29. The molecule has 3 amide bonds. The lowest BCUT2D eigenvalue weighted by Crippen LogP contribution is -2.31. The number of rotatable bonds is 9. The minimum Gasteiger partial charge on any atom is -0.435 e. The number of amides is 3. The van der Waals surface area contributed by atoms with Gasteiger partial charge in [-0.1, -0.05) is 24.3 Å². The monoisotopic (exact) mass is 409 g/mol. The molecule has 0 aliphatic carbocycles. The van der Waals surface area contributed by atoms with Gasteiger partial charge < -0.3 is 20.7 Å². The number of nitrogens with one attached hydrogen (secondary N) is 1. The highest BCUT2D eigenvalue weighted by Gasteiger charge is 2.12. The van der Waals surface area contributed by atoms with Crippen LogP contribution in [0, 0.1) is 0 Å². The average molecular weight is 409 g/mol. The summed E-state index contributed by atoms with van der Waals surface area (Å²) < 4.78 is 28.7. The Morgan fingerprint density at radius 2 is 1.86 bits per heavy atom. The minimum atomic E-state index is -2.87. The molecule has 0 bridgehead atoms. The van der Waals surface area contributed by atoms with E-state index in [-0.39, 0.29) is 30.7 Å². The lowest BCUT2D eigenvalue weighted by molar-refractivity contribution is -0.117. The lowest BCUT2D eigenvalue weighted by Gasteiger charge is -2.19. The van der Waals surface area contributed by atoms with E-state index >= 15 is 0 Å². The number of nitrogens with two attached hydrogens (primary N) is 1. The number of nitrogens with zero attached hydrogens (tertiary/aromatic N) is 1. The van der Waals surface area contributed by atoms with Gasteiger partial charge in [0.2, 0.25) is 5.91 Å². The Bertz CT molecular complexity index is 803. The number of halogens is 2. The van der Waals surface area contributed by atoms with E-state index in [2.05, 4.69) is 10.1 Å². The topological polar surface area (TPSA) is 84.7 Å². The summed E-state index contributed by atoms with van der Waals surface area (Å²) in [6.07, 6.45) is 0.248. The summed E-state index contributed by atoms with van der Waals surface area (Å²) >= 11 is 1.43. The fourth-order valence-corrected chi connectivity index (χ4v) is 3.26. The Labute approximate surface area is 166 Å². The maximum Gasteiger partial charge on any atom is 0.387 e. The standard InChI is InChI=1S/C19H21F2N3O3S/c1-24(12-13-6-8-14(9-7-13)27-18(20)21)19(26)23-15-4-2-3-5-16(15)28-11-10-17(22)25/h2-9,18H,10-12H2,1H3,(H2,22,25)(H,23,26). The normalized spacial score (nSPS) is 10.6. The van der Waals surface area contributed by atoms with Crippen molar-refractivity contribution in [2.24, 2.45) is 5.73 Å². The Morgan fingerprint density at radius 3 is 2.50 bits per heavy atom. The van der Waals surface area contributed by atoms with Crippen LogP contribution in [-0.2, 0) is 11.3 Å². The summed E-state index contributed by atoms with van der Waals surface area (Å²) in [5.74, 6) is 0.206. The summed E-state index contributed by atoms with van der Waals surface area (Å²) in [5.41, 5.74) is 6.55. The van der Waals surface area contributed by atoms with Gasteiger partial charge in [-0.25, -0.2) is 4.79 Å². The third kappa shape index (κ3) is 7.07. The van der Waals surface area contributed by atoms with Crippen LogP contribution in [0.15, 0.2) is 53.4 Å². The summed E-state index contributed by atoms with van der Waals surface area (Å²) in [5, 5.41) is 2.83. The molecule has 0 saturated carbocycles. The fraction of sp³-hybridized carbons (Fsp3) is 0.263. The maximum absolute atomic E-state index is 12.5. The molecule has 0 spiro atoms. The molecule has 9 heteroatoms. The van der Waals surface area contributed by atoms with Crippen LogP contribution in [0.2, 0.25) is 0 Å². The van der Waals surface area contributed by atoms with Gasteiger partial charge in [0.1, 0.15) is 5.75 Å². The van der Waals surface area contributed by atoms with Crippen molar-refractivity contribution in [1.29, 1.82) is 0 Å². The molecular formula is C19H21F2N3O3S. The zero-order valence-corrected chi connectivity index (χ0v) is 16.0. The number of ether oxygens (including phenoxy) is 1. The lowest BCUT2D eigenvalue weighted by atomic mass is 10.2. The molecule has 3 N–H and O–H groups in total. The number of benzene rings is 2. The number of alkyl halides is 2. The van der Waals surface area contributed by atoms with Crippen molar-refractivity contribution in [3.63, 3.8) is 0 Å². The number of carbonyl (C=O) groups is 2. The second-order valence-electron chi connectivity index (χ2n) is 5.87. The number of hydrogen-bond donors (Lipinski definition) is 2. The van der Waals surface area contributed by atoms with Crippen molar-refractivity contribution in [3.05, 3.63) is 54.1 Å². The first-order chi connectivity index (χ1) is 13.3. The van der Waals surface area contributed by atoms with Crippen molar-refractivity contribution < 1.29 is 23.1 Å². The molecule has 2 aromatic rings. The predicted octanol–water partition coefficient (Wildman–Crippen LogP) is 3.92. The van der Waals surface area contributed by atoms with Gasteiger partial charge in [-0.15, -0.1) is 11.8 Å². The first kappa shape index (κ1) is 21.5. The van der Waals surface area contributed by atoms with Crippen molar-refractivity contribution in [2.75, 3.05) is 18.1 Å². The van der Waals surface area contributed by atoms with E-state index in [0.717, 1.165) is 10.5 Å². The zero-order valence-electron chi connectivity index (χ0n) is 15.2. The predicted molar refractivity (Wildman–Crippen MR) is 105 cm³/mol. The number of primary amides is 1. The van der Waals surface area contributed by atoms with Gasteiger partial charge >= 0.3 is 12.6 Å². The molecule has 0 atom stereocenters. The Balaban J connectivity index is 1.94. The molecule has 2 rings (SSSR count). The first-order valence-electron chi connectivity index (χ1n) is 8.41. The largest absolute Gasteiger partial charge is 0.435 e. The second kappa shape index (κ2) is 10.5.